The van der Waals surface area contributed by atoms with Gasteiger partial charge in [0.15, 0.2) is 5.60 Å². The fourth-order valence-electron chi connectivity index (χ4n) is 1.40. The van der Waals surface area contributed by atoms with E-state index in [4.69, 9.17) is 5.11 Å². The molecule has 4 nitrogen and oxygen atoms in total. The van der Waals surface area contributed by atoms with Gasteiger partial charge in [0.2, 0.25) is 0 Å². The van der Waals surface area contributed by atoms with Crippen LogP contribution in [0, 0.1) is 0 Å². The van der Waals surface area contributed by atoms with Gasteiger partial charge in [0.05, 0.1) is 0 Å². The third-order valence-electron chi connectivity index (χ3n) is 2.44. The van der Waals surface area contributed by atoms with Crippen molar-refractivity contribution in [2.24, 2.45) is 0 Å². The summed E-state index contributed by atoms with van der Waals surface area (Å²) in [5, 5.41) is 18.2. The van der Waals surface area contributed by atoms with Crippen LogP contribution in [0.2, 0.25) is 0 Å². The molecule has 76 valence electrons. The fourth-order valence-corrected chi connectivity index (χ4v) is 1.40. The van der Waals surface area contributed by atoms with E-state index < -0.39 is 11.6 Å². The van der Waals surface area contributed by atoms with Crippen LogP contribution in [0.15, 0.2) is 0 Å². The third-order valence-corrected chi connectivity index (χ3v) is 2.44. The Morgan fingerprint density at radius 1 is 1.62 bits per heavy atom. The molecule has 0 heterocycles. The molecule has 0 aromatic carbocycles. The summed E-state index contributed by atoms with van der Waals surface area (Å²) in [6, 6.07) is 0.496. The van der Waals surface area contributed by atoms with Gasteiger partial charge in [-0.2, -0.15) is 0 Å². The average Bonchev–Trinajstić information content (AvgIpc) is 2.82. The lowest BCUT2D eigenvalue weighted by Crippen LogP contribution is -2.47. The maximum absolute atomic E-state index is 10.6. The summed E-state index contributed by atoms with van der Waals surface area (Å²) < 4.78 is 0. The molecule has 2 N–H and O–H groups in total. The number of nitrogens with zero attached hydrogens (tertiary/aromatic N) is 1. The summed E-state index contributed by atoms with van der Waals surface area (Å²) in [4.78, 5) is 12.7. The SMILES string of the molecule is CCN(CC(C)(O)C(=O)O)C1CC1. The molecule has 13 heavy (non-hydrogen) atoms. The number of likely N-dealkylation sites (N-methyl/N-ethyl adjacent to an activating group) is 1. The van der Waals surface area contributed by atoms with E-state index in [9.17, 15) is 9.90 Å². The summed E-state index contributed by atoms with van der Waals surface area (Å²) in [6.45, 7) is 4.36. The van der Waals surface area contributed by atoms with Gasteiger partial charge in [0.25, 0.3) is 0 Å². The third kappa shape index (κ3) is 2.67. The van der Waals surface area contributed by atoms with Gasteiger partial charge in [-0.15, -0.1) is 0 Å². The van der Waals surface area contributed by atoms with Crippen molar-refractivity contribution in [3.8, 4) is 0 Å². The second kappa shape index (κ2) is 3.64. The van der Waals surface area contributed by atoms with Gasteiger partial charge in [-0.25, -0.2) is 4.79 Å². The van der Waals surface area contributed by atoms with Crippen molar-refractivity contribution in [3.05, 3.63) is 0 Å². The smallest absolute Gasteiger partial charge is 0.336 e. The Bertz CT molecular complexity index is 199. The summed E-state index contributed by atoms with van der Waals surface area (Å²) in [5.41, 5.74) is -1.61. The molecule has 1 aliphatic rings. The number of rotatable bonds is 5. The predicted octanol–water partition coefficient (Wildman–Crippen LogP) is 0.306. The number of aliphatic carboxylic acids is 1. The zero-order valence-electron chi connectivity index (χ0n) is 8.16. The second-order valence-electron chi connectivity index (χ2n) is 3.87. The van der Waals surface area contributed by atoms with E-state index in [1.807, 2.05) is 11.8 Å². The Morgan fingerprint density at radius 3 is 2.46 bits per heavy atom. The van der Waals surface area contributed by atoms with E-state index in [1.54, 1.807) is 0 Å². The molecular formula is C9H17NO3. The second-order valence-corrected chi connectivity index (χ2v) is 3.87. The van der Waals surface area contributed by atoms with Gasteiger partial charge in [-0.1, -0.05) is 6.92 Å². The first-order valence-electron chi connectivity index (χ1n) is 4.67. The first-order chi connectivity index (χ1) is 5.97. The predicted molar refractivity (Wildman–Crippen MR) is 48.5 cm³/mol. The molecule has 1 fully saturated rings. The Labute approximate surface area is 78.2 Å². The lowest BCUT2D eigenvalue weighted by atomic mass is 10.1. The molecule has 0 spiro atoms. The van der Waals surface area contributed by atoms with Crippen molar-refractivity contribution >= 4 is 5.97 Å². The van der Waals surface area contributed by atoms with Crippen LogP contribution < -0.4 is 0 Å². The number of carboxylic acid groups (broad SMARTS) is 1. The monoisotopic (exact) mass is 187 g/mol. The molecule has 0 aliphatic heterocycles. The molecule has 1 atom stereocenters. The van der Waals surface area contributed by atoms with Crippen LogP contribution in [0.25, 0.3) is 0 Å². The number of aliphatic hydroxyl groups is 1. The van der Waals surface area contributed by atoms with Gasteiger partial charge in [-0.3, -0.25) is 4.90 Å². The summed E-state index contributed by atoms with van der Waals surface area (Å²) in [7, 11) is 0. The summed E-state index contributed by atoms with van der Waals surface area (Å²) >= 11 is 0. The highest BCUT2D eigenvalue weighted by Crippen LogP contribution is 2.27. The molecule has 4 heteroatoms. The summed E-state index contributed by atoms with van der Waals surface area (Å²) in [6.07, 6.45) is 2.26. The van der Waals surface area contributed by atoms with Crippen molar-refractivity contribution in [1.82, 2.24) is 4.90 Å². The van der Waals surface area contributed by atoms with Crippen molar-refractivity contribution in [2.45, 2.75) is 38.3 Å². The maximum Gasteiger partial charge on any atom is 0.336 e. The van der Waals surface area contributed by atoms with Crippen LogP contribution in [0.3, 0.4) is 0 Å². The molecular weight excluding hydrogens is 170 g/mol. The highest BCUT2D eigenvalue weighted by Gasteiger charge is 2.37. The maximum atomic E-state index is 10.6. The van der Waals surface area contributed by atoms with E-state index >= 15 is 0 Å². The van der Waals surface area contributed by atoms with Crippen LogP contribution in [0.5, 0.6) is 0 Å². The van der Waals surface area contributed by atoms with Crippen molar-refractivity contribution < 1.29 is 15.0 Å². The molecule has 0 saturated heterocycles. The minimum Gasteiger partial charge on any atom is -0.479 e. The van der Waals surface area contributed by atoms with Crippen LogP contribution in [-0.4, -0.2) is 45.8 Å². The highest BCUT2D eigenvalue weighted by atomic mass is 16.4. The highest BCUT2D eigenvalue weighted by molar-refractivity contribution is 5.76. The number of hydrogen-bond donors (Lipinski definition) is 2. The van der Waals surface area contributed by atoms with Gasteiger partial charge < -0.3 is 10.2 Å². The number of hydrogen-bond acceptors (Lipinski definition) is 3. The van der Waals surface area contributed by atoms with Crippen LogP contribution >= 0.6 is 0 Å². The molecule has 0 aromatic heterocycles. The standard InChI is InChI=1S/C9H17NO3/c1-3-10(7-4-5-7)6-9(2,13)8(11)12/h7,13H,3-6H2,1-2H3,(H,11,12). The quantitative estimate of drug-likeness (QED) is 0.650. The van der Waals surface area contributed by atoms with Crippen LogP contribution in [-0.2, 0) is 4.79 Å². The molecule has 0 bridgehead atoms. The Morgan fingerprint density at radius 2 is 2.15 bits per heavy atom. The lowest BCUT2D eigenvalue weighted by Gasteiger charge is -2.27. The van der Waals surface area contributed by atoms with E-state index in [-0.39, 0.29) is 6.54 Å². The van der Waals surface area contributed by atoms with Crippen molar-refractivity contribution in [3.63, 3.8) is 0 Å². The van der Waals surface area contributed by atoms with E-state index in [0.717, 1.165) is 19.4 Å². The zero-order valence-corrected chi connectivity index (χ0v) is 8.16. The summed E-state index contributed by atoms with van der Waals surface area (Å²) in [5.74, 6) is -1.15. The number of carboxylic acids is 1. The first-order valence-corrected chi connectivity index (χ1v) is 4.67. The molecule has 1 unspecified atom stereocenters. The van der Waals surface area contributed by atoms with Gasteiger partial charge in [-0.05, 0) is 26.3 Å². The average molecular weight is 187 g/mol. The fraction of sp³-hybridized carbons (Fsp3) is 0.889. The van der Waals surface area contributed by atoms with Crippen LogP contribution in [0.1, 0.15) is 26.7 Å². The topological polar surface area (TPSA) is 60.8 Å². The zero-order chi connectivity index (χ0) is 10.1. The molecule has 0 radical (unpaired) electrons. The van der Waals surface area contributed by atoms with E-state index in [2.05, 4.69) is 0 Å². The molecule has 0 aromatic rings. The Hall–Kier alpha value is -0.610. The van der Waals surface area contributed by atoms with E-state index in [1.165, 1.54) is 6.92 Å². The Balaban J connectivity index is 2.48. The van der Waals surface area contributed by atoms with Gasteiger partial charge in [0, 0.05) is 12.6 Å². The Kier molecular flexibility index (Phi) is 2.93. The van der Waals surface area contributed by atoms with Crippen LogP contribution in [0.4, 0.5) is 0 Å². The number of carbonyl (C=O) groups is 1. The van der Waals surface area contributed by atoms with Crippen molar-refractivity contribution in [2.75, 3.05) is 13.1 Å². The minimum absolute atomic E-state index is 0.226. The first kappa shape index (κ1) is 10.5. The van der Waals surface area contributed by atoms with E-state index in [0.29, 0.717) is 6.04 Å². The lowest BCUT2D eigenvalue weighted by molar-refractivity contribution is -0.158. The largest absolute Gasteiger partial charge is 0.479 e. The van der Waals surface area contributed by atoms with Gasteiger partial charge in [0.1, 0.15) is 0 Å². The minimum atomic E-state index is -1.61. The van der Waals surface area contributed by atoms with Gasteiger partial charge >= 0.3 is 5.97 Å². The normalized spacial score (nSPS) is 21.5. The molecule has 1 rings (SSSR count). The molecule has 1 aliphatic carbocycles. The molecule has 0 amide bonds. The molecule has 1 saturated carbocycles. The van der Waals surface area contributed by atoms with Crippen molar-refractivity contribution in [1.29, 1.82) is 0 Å².